The van der Waals surface area contributed by atoms with Crippen LogP contribution < -0.4 is 0 Å². The molecule has 0 saturated heterocycles. The third-order valence-corrected chi connectivity index (χ3v) is 4.19. The molecule has 0 N–H and O–H groups in total. The molecule has 1 unspecified atom stereocenters. The van der Waals surface area contributed by atoms with Crippen LogP contribution in [0.3, 0.4) is 0 Å². The zero-order valence-corrected chi connectivity index (χ0v) is 11.4. The normalized spacial score (nSPS) is 19.6. The Morgan fingerprint density at radius 2 is 1.55 bits per heavy atom. The fraction of sp³-hybridized carbons (Fsp3) is 0.118. The lowest BCUT2D eigenvalue weighted by Gasteiger charge is -2.20. The first kappa shape index (κ1) is 12.9. The lowest BCUT2D eigenvalue weighted by molar-refractivity contribution is 0.0551. The van der Waals surface area contributed by atoms with Crippen LogP contribution in [0.25, 0.3) is 0 Å². The lowest BCUT2D eigenvalue weighted by Crippen LogP contribution is -2.43. The average Bonchev–Trinajstić information content (AvgIpc) is 2.96. The number of imide groups is 1. The number of nitrogens with zero attached hydrogens (tertiary/aromatic N) is 1. The zero-order chi connectivity index (χ0) is 15.4. The summed E-state index contributed by atoms with van der Waals surface area (Å²) in [4.78, 5) is 38.3. The fourth-order valence-corrected chi connectivity index (χ4v) is 3.14. The van der Waals surface area contributed by atoms with Gasteiger partial charge in [-0.1, -0.05) is 18.2 Å². The van der Waals surface area contributed by atoms with E-state index >= 15 is 0 Å². The largest absolute Gasteiger partial charge is 0.292 e. The molecular weight excluding hydrogens is 285 g/mol. The van der Waals surface area contributed by atoms with Gasteiger partial charge in [0.2, 0.25) is 0 Å². The second-order valence-corrected chi connectivity index (χ2v) is 5.41. The minimum Gasteiger partial charge on any atom is -0.292 e. The molecule has 1 heterocycles. The van der Waals surface area contributed by atoms with Crippen LogP contribution in [0, 0.1) is 5.82 Å². The van der Waals surface area contributed by atoms with Gasteiger partial charge >= 0.3 is 0 Å². The van der Waals surface area contributed by atoms with Crippen molar-refractivity contribution < 1.29 is 18.8 Å². The van der Waals surface area contributed by atoms with Crippen molar-refractivity contribution in [3.8, 4) is 0 Å². The molecule has 2 aromatic carbocycles. The van der Waals surface area contributed by atoms with Gasteiger partial charge in [-0.3, -0.25) is 19.3 Å². The summed E-state index contributed by atoms with van der Waals surface area (Å²) in [6, 6.07) is 9.57. The number of hydrogen-bond acceptors (Lipinski definition) is 3. The predicted molar refractivity (Wildman–Crippen MR) is 75.2 cm³/mol. The molecular formula is C17H10FNO3. The summed E-state index contributed by atoms with van der Waals surface area (Å²) in [6.45, 7) is 0. The maximum atomic E-state index is 13.3. The Balaban J connectivity index is 1.75. The molecule has 0 aromatic heterocycles. The smallest absolute Gasteiger partial charge is 0.262 e. The molecule has 1 aliphatic carbocycles. The van der Waals surface area contributed by atoms with Gasteiger partial charge in [-0.15, -0.1) is 0 Å². The van der Waals surface area contributed by atoms with E-state index in [1.54, 1.807) is 24.3 Å². The minimum absolute atomic E-state index is 0.236. The fourth-order valence-electron chi connectivity index (χ4n) is 3.14. The number of halogens is 1. The molecule has 22 heavy (non-hydrogen) atoms. The summed E-state index contributed by atoms with van der Waals surface area (Å²) in [5.41, 5.74) is 1.53. The molecule has 4 rings (SSSR count). The molecule has 108 valence electrons. The number of benzene rings is 2. The predicted octanol–water partition coefficient (Wildman–Crippen LogP) is 2.23. The first-order valence-electron chi connectivity index (χ1n) is 6.87. The molecule has 1 aliphatic heterocycles. The molecule has 5 heteroatoms. The van der Waals surface area contributed by atoms with Crippen LogP contribution in [0.15, 0.2) is 42.5 Å². The van der Waals surface area contributed by atoms with Gasteiger partial charge < -0.3 is 0 Å². The molecule has 2 aliphatic rings. The highest BCUT2D eigenvalue weighted by molar-refractivity contribution is 6.24. The van der Waals surface area contributed by atoms with E-state index in [-0.39, 0.29) is 17.8 Å². The van der Waals surface area contributed by atoms with Gasteiger partial charge in [-0.25, -0.2) is 4.39 Å². The highest BCUT2D eigenvalue weighted by atomic mass is 19.1. The molecule has 1 atom stereocenters. The van der Waals surface area contributed by atoms with E-state index < -0.39 is 23.7 Å². The van der Waals surface area contributed by atoms with E-state index in [9.17, 15) is 18.8 Å². The van der Waals surface area contributed by atoms with Crippen molar-refractivity contribution in [2.75, 3.05) is 0 Å². The number of carbonyl (C=O) groups is 3. The summed E-state index contributed by atoms with van der Waals surface area (Å²) in [6.07, 6.45) is 0.236. The molecule has 4 nitrogen and oxygen atoms in total. The van der Waals surface area contributed by atoms with Gasteiger partial charge in [-0.05, 0) is 29.8 Å². The molecule has 0 saturated carbocycles. The van der Waals surface area contributed by atoms with Gasteiger partial charge in [0.25, 0.3) is 11.8 Å². The zero-order valence-electron chi connectivity index (χ0n) is 11.4. The van der Waals surface area contributed by atoms with Crippen molar-refractivity contribution >= 4 is 17.6 Å². The standard InChI is InChI=1S/C17H10FNO3/c18-10-6-5-9-7-14(15(20)13(9)8-10)19-16(21)11-3-1-2-4-12(11)17(19)22/h1-6,8,14H,7H2. The molecule has 0 fully saturated rings. The third-order valence-electron chi connectivity index (χ3n) is 4.19. The van der Waals surface area contributed by atoms with Crippen LogP contribution in [0.1, 0.15) is 36.6 Å². The summed E-state index contributed by atoms with van der Waals surface area (Å²) in [5.74, 6) is -1.82. The maximum Gasteiger partial charge on any atom is 0.262 e. The maximum absolute atomic E-state index is 13.3. The number of hydrogen-bond donors (Lipinski definition) is 0. The van der Waals surface area contributed by atoms with E-state index in [2.05, 4.69) is 0 Å². The van der Waals surface area contributed by atoms with Crippen molar-refractivity contribution in [1.82, 2.24) is 4.90 Å². The minimum atomic E-state index is -0.885. The van der Waals surface area contributed by atoms with Crippen molar-refractivity contribution in [2.45, 2.75) is 12.5 Å². The number of rotatable bonds is 1. The van der Waals surface area contributed by atoms with E-state index in [4.69, 9.17) is 0 Å². The van der Waals surface area contributed by atoms with Crippen LogP contribution in [0.2, 0.25) is 0 Å². The number of amides is 2. The second kappa shape index (κ2) is 4.34. The van der Waals surface area contributed by atoms with Gasteiger partial charge in [0.05, 0.1) is 11.1 Å². The topological polar surface area (TPSA) is 54.5 Å². The SMILES string of the molecule is O=C1c2cc(F)ccc2CC1N1C(=O)c2ccccc2C1=O. The Kier molecular flexibility index (Phi) is 2.54. The van der Waals surface area contributed by atoms with Gasteiger partial charge in [-0.2, -0.15) is 0 Å². The average molecular weight is 295 g/mol. The van der Waals surface area contributed by atoms with Gasteiger partial charge in [0.1, 0.15) is 11.9 Å². The number of fused-ring (bicyclic) bond motifs is 2. The Morgan fingerprint density at radius 3 is 2.18 bits per heavy atom. The van der Waals surface area contributed by atoms with Crippen LogP contribution in [0.4, 0.5) is 4.39 Å². The molecule has 2 aromatic rings. The van der Waals surface area contributed by atoms with E-state index in [0.717, 1.165) is 11.0 Å². The molecule has 0 radical (unpaired) electrons. The van der Waals surface area contributed by atoms with Gasteiger partial charge in [0.15, 0.2) is 5.78 Å². The Bertz CT molecular complexity index is 824. The summed E-state index contributed by atoms with van der Waals surface area (Å²) in [5, 5.41) is 0. The molecule has 2 amide bonds. The van der Waals surface area contributed by atoms with Crippen LogP contribution >= 0.6 is 0 Å². The number of ketones is 1. The van der Waals surface area contributed by atoms with E-state index in [1.165, 1.54) is 12.1 Å². The second-order valence-electron chi connectivity index (χ2n) is 5.41. The van der Waals surface area contributed by atoms with Crippen molar-refractivity contribution in [2.24, 2.45) is 0 Å². The summed E-state index contributed by atoms with van der Waals surface area (Å²) >= 11 is 0. The van der Waals surface area contributed by atoms with Crippen LogP contribution in [0.5, 0.6) is 0 Å². The summed E-state index contributed by atoms with van der Waals surface area (Å²) < 4.78 is 13.3. The monoisotopic (exact) mass is 295 g/mol. The first-order chi connectivity index (χ1) is 10.6. The van der Waals surface area contributed by atoms with Crippen molar-refractivity contribution in [1.29, 1.82) is 0 Å². The highest BCUT2D eigenvalue weighted by Crippen LogP contribution is 2.32. The Hall–Kier alpha value is -2.82. The summed E-state index contributed by atoms with van der Waals surface area (Å²) in [7, 11) is 0. The third kappa shape index (κ3) is 1.59. The lowest BCUT2D eigenvalue weighted by atomic mass is 10.1. The number of Topliss-reactive ketones (excluding diaryl/α,β-unsaturated/α-hetero) is 1. The van der Waals surface area contributed by atoms with Crippen molar-refractivity contribution in [3.05, 3.63) is 70.5 Å². The van der Waals surface area contributed by atoms with Crippen LogP contribution in [-0.2, 0) is 6.42 Å². The first-order valence-corrected chi connectivity index (χ1v) is 6.87. The van der Waals surface area contributed by atoms with E-state index in [0.29, 0.717) is 16.7 Å². The molecule has 0 bridgehead atoms. The Labute approximate surface area is 125 Å². The van der Waals surface area contributed by atoms with Gasteiger partial charge in [0, 0.05) is 12.0 Å². The Morgan fingerprint density at radius 1 is 0.909 bits per heavy atom. The molecule has 0 spiro atoms. The van der Waals surface area contributed by atoms with Crippen LogP contribution in [-0.4, -0.2) is 28.5 Å². The quantitative estimate of drug-likeness (QED) is 0.758. The number of carbonyl (C=O) groups excluding carboxylic acids is 3. The highest BCUT2D eigenvalue weighted by Gasteiger charge is 2.45. The van der Waals surface area contributed by atoms with Crippen molar-refractivity contribution in [3.63, 3.8) is 0 Å². The van der Waals surface area contributed by atoms with E-state index in [1.807, 2.05) is 0 Å².